The molecule has 20 heavy (non-hydrogen) atoms. The van der Waals surface area contributed by atoms with Gasteiger partial charge in [0.1, 0.15) is 4.90 Å². The standard InChI is InChI=1S/C14H23N3O2S/c1-2-10-6-8-11(9-7-10)17-12-4-3-5-13(14(12)15)20(16,18)19/h3-5,10-11,17H,2,6-9,15H2,1H3,(H2,16,18,19). The lowest BCUT2D eigenvalue weighted by Gasteiger charge is -2.29. The maximum absolute atomic E-state index is 11.4. The van der Waals surface area contributed by atoms with Gasteiger partial charge in [-0.15, -0.1) is 0 Å². The fourth-order valence-electron chi connectivity index (χ4n) is 2.85. The first-order valence-corrected chi connectivity index (χ1v) is 8.64. The summed E-state index contributed by atoms with van der Waals surface area (Å²) in [6.07, 6.45) is 5.84. The summed E-state index contributed by atoms with van der Waals surface area (Å²) in [5.74, 6) is 0.821. The molecule has 0 radical (unpaired) electrons. The lowest BCUT2D eigenvalue weighted by molar-refractivity contribution is 0.330. The molecule has 0 aliphatic heterocycles. The molecule has 0 heterocycles. The van der Waals surface area contributed by atoms with Gasteiger partial charge in [-0.25, -0.2) is 13.6 Å². The van der Waals surface area contributed by atoms with Gasteiger partial charge in [-0.1, -0.05) is 19.4 Å². The van der Waals surface area contributed by atoms with E-state index in [1.54, 1.807) is 12.1 Å². The number of rotatable bonds is 4. The van der Waals surface area contributed by atoms with Crippen LogP contribution in [0.5, 0.6) is 0 Å². The molecule has 1 aromatic carbocycles. The summed E-state index contributed by atoms with van der Waals surface area (Å²) in [5, 5.41) is 8.52. The molecule has 112 valence electrons. The highest BCUT2D eigenvalue weighted by Gasteiger charge is 2.21. The molecule has 2 rings (SSSR count). The lowest BCUT2D eigenvalue weighted by atomic mass is 9.84. The molecule has 0 aromatic heterocycles. The predicted molar refractivity (Wildman–Crippen MR) is 81.9 cm³/mol. The summed E-state index contributed by atoms with van der Waals surface area (Å²) < 4.78 is 22.9. The molecule has 6 heteroatoms. The van der Waals surface area contributed by atoms with E-state index < -0.39 is 10.0 Å². The van der Waals surface area contributed by atoms with Gasteiger partial charge >= 0.3 is 0 Å². The molecule has 0 amide bonds. The third-order valence-corrected chi connectivity index (χ3v) is 5.13. The molecular weight excluding hydrogens is 274 g/mol. The van der Waals surface area contributed by atoms with Crippen LogP contribution in [0.3, 0.4) is 0 Å². The van der Waals surface area contributed by atoms with E-state index in [-0.39, 0.29) is 10.6 Å². The van der Waals surface area contributed by atoms with Gasteiger partial charge in [-0.3, -0.25) is 0 Å². The molecule has 1 aliphatic rings. The zero-order valence-corrected chi connectivity index (χ0v) is 12.6. The number of nitrogens with one attached hydrogen (secondary N) is 1. The SMILES string of the molecule is CCC1CCC(Nc2cccc(S(N)(=O)=O)c2N)CC1. The Morgan fingerprint density at radius 1 is 1.25 bits per heavy atom. The highest BCUT2D eigenvalue weighted by atomic mass is 32.2. The third-order valence-electron chi connectivity index (χ3n) is 4.16. The van der Waals surface area contributed by atoms with Crippen molar-refractivity contribution in [2.75, 3.05) is 11.1 Å². The number of para-hydroxylation sites is 1. The number of nitrogens with two attached hydrogens (primary N) is 2. The number of hydrogen-bond donors (Lipinski definition) is 3. The first-order chi connectivity index (χ1) is 9.41. The quantitative estimate of drug-likeness (QED) is 0.743. The summed E-state index contributed by atoms with van der Waals surface area (Å²) in [6, 6.07) is 5.26. The molecule has 5 nitrogen and oxygen atoms in total. The van der Waals surface area contributed by atoms with Crippen molar-refractivity contribution in [2.24, 2.45) is 11.1 Å². The van der Waals surface area contributed by atoms with E-state index in [9.17, 15) is 8.42 Å². The van der Waals surface area contributed by atoms with Crippen LogP contribution in [-0.4, -0.2) is 14.5 Å². The molecule has 1 fully saturated rings. The monoisotopic (exact) mass is 297 g/mol. The molecule has 0 unspecified atom stereocenters. The van der Waals surface area contributed by atoms with Crippen LogP contribution in [0.25, 0.3) is 0 Å². The molecule has 0 bridgehead atoms. The minimum atomic E-state index is -3.77. The second-order valence-electron chi connectivity index (χ2n) is 5.53. The largest absolute Gasteiger partial charge is 0.396 e. The van der Waals surface area contributed by atoms with Gasteiger partial charge in [0.05, 0.1) is 11.4 Å². The van der Waals surface area contributed by atoms with Gasteiger partial charge in [0, 0.05) is 6.04 Å². The van der Waals surface area contributed by atoms with Crippen molar-refractivity contribution < 1.29 is 8.42 Å². The van der Waals surface area contributed by atoms with Crippen molar-refractivity contribution in [2.45, 2.75) is 50.0 Å². The summed E-state index contributed by atoms with van der Waals surface area (Å²) in [7, 11) is -3.77. The Hall–Kier alpha value is -1.27. The van der Waals surface area contributed by atoms with E-state index in [0.29, 0.717) is 11.7 Å². The Balaban J connectivity index is 2.11. The van der Waals surface area contributed by atoms with E-state index in [0.717, 1.165) is 18.8 Å². The van der Waals surface area contributed by atoms with Gasteiger partial charge in [-0.2, -0.15) is 0 Å². The zero-order valence-electron chi connectivity index (χ0n) is 11.8. The third kappa shape index (κ3) is 3.43. The number of anilines is 2. The molecule has 5 N–H and O–H groups in total. The number of primary sulfonamides is 1. The summed E-state index contributed by atoms with van der Waals surface area (Å²) in [6.45, 7) is 2.23. The maximum atomic E-state index is 11.4. The number of benzene rings is 1. The Bertz CT molecular complexity index is 564. The number of nitrogen functional groups attached to an aromatic ring is 1. The topological polar surface area (TPSA) is 98.2 Å². The van der Waals surface area contributed by atoms with Crippen molar-refractivity contribution in [3.8, 4) is 0 Å². The van der Waals surface area contributed by atoms with Crippen LogP contribution in [0, 0.1) is 5.92 Å². The average molecular weight is 297 g/mol. The molecule has 1 aromatic rings. The van der Waals surface area contributed by atoms with Gasteiger partial charge in [0.25, 0.3) is 0 Å². The summed E-state index contributed by atoms with van der Waals surface area (Å²) >= 11 is 0. The molecule has 0 spiro atoms. The fraction of sp³-hybridized carbons (Fsp3) is 0.571. The second-order valence-corrected chi connectivity index (χ2v) is 7.06. The van der Waals surface area contributed by atoms with Crippen LogP contribution in [0.15, 0.2) is 23.1 Å². The number of sulfonamides is 1. The minimum absolute atomic E-state index is 0.00950. The molecule has 0 saturated heterocycles. The zero-order chi connectivity index (χ0) is 14.8. The summed E-state index contributed by atoms with van der Waals surface area (Å²) in [4.78, 5) is -0.00950. The van der Waals surface area contributed by atoms with Gasteiger partial charge in [0.2, 0.25) is 10.0 Å². The van der Waals surface area contributed by atoms with Crippen molar-refractivity contribution in [3.63, 3.8) is 0 Å². The normalized spacial score (nSPS) is 23.5. The highest BCUT2D eigenvalue weighted by Crippen LogP contribution is 2.31. The van der Waals surface area contributed by atoms with E-state index in [4.69, 9.17) is 10.9 Å². The van der Waals surface area contributed by atoms with Crippen molar-refractivity contribution in [3.05, 3.63) is 18.2 Å². The molecule has 1 aliphatic carbocycles. The molecule has 0 atom stereocenters. The Labute approximate surface area is 120 Å². The van der Waals surface area contributed by atoms with Crippen LogP contribution in [0.2, 0.25) is 0 Å². The smallest absolute Gasteiger partial charge is 0.240 e. The first-order valence-electron chi connectivity index (χ1n) is 7.09. The van der Waals surface area contributed by atoms with Gasteiger partial charge in [0.15, 0.2) is 0 Å². The number of hydrogen-bond acceptors (Lipinski definition) is 4. The first kappa shape index (κ1) is 15.1. The van der Waals surface area contributed by atoms with E-state index in [1.165, 1.54) is 25.3 Å². The minimum Gasteiger partial charge on any atom is -0.396 e. The second kappa shape index (κ2) is 6.01. The average Bonchev–Trinajstić information content (AvgIpc) is 2.40. The summed E-state index contributed by atoms with van der Waals surface area (Å²) in [5.41, 5.74) is 6.80. The van der Waals surface area contributed by atoms with Crippen LogP contribution in [0.1, 0.15) is 39.0 Å². The van der Waals surface area contributed by atoms with Gasteiger partial charge in [-0.05, 0) is 43.7 Å². The predicted octanol–water partition coefficient (Wildman–Crippen LogP) is 2.30. The highest BCUT2D eigenvalue weighted by molar-refractivity contribution is 7.89. The van der Waals surface area contributed by atoms with Gasteiger partial charge < -0.3 is 11.1 Å². The van der Waals surface area contributed by atoms with Crippen LogP contribution < -0.4 is 16.2 Å². The van der Waals surface area contributed by atoms with Crippen molar-refractivity contribution in [1.29, 1.82) is 0 Å². The Morgan fingerprint density at radius 3 is 2.45 bits per heavy atom. The van der Waals surface area contributed by atoms with Crippen molar-refractivity contribution in [1.82, 2.24) is 0 Å². The molecular formula is C14H23N3O2S. The maximum Gasteiger partial charge on any atom is 0.240 e. The van der Waals surface area contributed by atoms with Crippen LogP contribution in [-0.2, 0) is 10.0 Å². The van der Waals surface area contributed by atoms with E-state index in [1.807, 2.05) is 0 Å². The van der Waals surface area contributed by atoms with E-state index in [2.05, 4.69) is 12.2 Å². The van der Waals surface area contributed by atoms with Crippen LogP contribution >= 0.6 is 0 Å². The molecule has 1 saturated carbocycles. The fourth-order valence-corrected chi connectivity index (χ4v) is 3.54. The Kier molecular flexibility index (Phi) is 4.55. The van der Waals surface area contributed by atoms with Crippen LogP contribution in [0.4, 0.5) is 11.4 Å². The van der Waals surface area contributed by atoms with E-state index >= 15 is 0 Å². The lowest BCUT2D eigenvalue weighted by Crippen LogP contribution is -2.26. The van der Waals surface area contributed by atoms with Crippen molar-refractivity contribution >= 4 is 21.4 Å². The Morgan fingerprint density at radius 2 is 1.90 bits per heavy atom.